The Bertz CT molecular complexity index is 1390. The van der Waals surface area contributed by atoms with Crippen LogP contribution in [0.2, 0.25) is 5.02 Å². The summed E-state index contributed by atoms with van der Waals surface area (Å²) < 4.78 is 5.59. The number of morpholine rings is 1. The number of benzene rings is 3. The van der Waals surface area contributed by atoms with Crippen LogP contribution >= 0.6 is 11.6 Å². The molecule has 0 spiro atoms. The number of fused-ring (bicyclic) bond motifs is 1. The second-order valence-corrected chi connectivity index (χ2v) is 12.4. The highest BCUT2D eigenvalue weighted by molar-refractivity contribution is 6.30. The van der Waals surface area contributed by atoms with Gasteiger partial charge in [-0.1, -0.05) is 78.3 Å². The molecule has 0 radical (unpaired) electrons. The van der Waals surface area contributed by atoms with Crippen LogP contribution < -0.4 is 10.6 Å². The molecule has 3 aliphatic rings. The molecule has 8 nitrogen and oxygen atoms in total. The first-order valence-corrected chi connectivity index (χ1v) is 16.1. The molecule has 0 aliphatic carbocycles. The summed E-state index contributed by atoms with van der Waals surface area (Å²) in [6.07, 6.45) is 1.02. The van der Waals surface area contributed by atoms with Crippen molar-refractivity contribution in [2.24, 2.45) is 0 Å². The van der Waals surface area contributed by atoms with Gasteiger partial charge in [0.05, 0.1) is 19.3 Å². The van der Waals surface area contributed by atoms with Crippen molar-refractivity contribution < 1.29 is 14.3 Å². The van der Waals surface area contributed by atoms with E-state index in [9.17, 15) is 9.59 Å². The number of hydrogen-bond donors (Lipinski definition) is 2. The van der Waals surface area contributed by atoms with Gasteiger partial charge in [0.2, 0.25) is 11.8 Å². The predicted octanol–water partition coefficient (Wildman–Crippen LogP) is 3.30. The van der Waals surface area contributed by atoms with Crippen molar-refractivity contribution in [1.29, 1.82) is 0 Å². The topological polar surface area (TPSA) is 77.2 Å². The second-order valence-electron chi connectivity index (χ2n) is 12.0. The highest BCUT2D eigenvalue weighted by Crippen LogP contribution is 2.25. The lowest BCUT2D eigenvalue weighted by molar-refractivity contribution is -0.138. The molecular formula is C35H42ClN5O3. The first-order chi connectivity index (χ1) is 21.5. The summed E-state index contributed by atoms with van der Waals surface area (Å²) in [6.45, 7) is 7.79. The van der Waals surface area contributed by atoms with Gasteiger partial charge in [-0.05, 0) is 40.8 Å². The number of halogens is 1. The van der Waals surface area contributed by atoms with Gasteiger partial charge >= 0.3 is 0 Å². The van der Waals surface area contributed by atoms with Gasteiger partial charge in [-0.15, -0.1) is 0 Å². The quantitative estimate of drug-likeness (QED) is 0.385. The third-order valence-electron chi connectivity index (χ3n) is 9.15. The van der Waals surface area contributed by atoms with Gasteiger partial charge in [0.1, 0.15) is 6.04 Å². The highest BCUT2D eigenvalue weighted by Gasteiger charge is 2.34. The Labute approximate surface area is 265 Å². The predicted molar refractivity (Wildman–Crippen MR) is 172 cm³/mol. The lowest BCUT2D eigenvalue weighted by atomic mass is 9.95. The van der Waals surface area contributed by atoms with Crippen LogP contribution in [0.4, 0.5) is 0 Å². The van der Waals surface area contributed by atoms with E-state index in [4.69, 9.17) is 16.3 Å². The van der Waals surface area contributed by atoms with E-state index < -0.39 is 6.04 Å². The Morgan fingerprint density at radius 1 is 0.864 bits per heavy atom. The zero-order valence-corrected chi connectivity index (χ0v) is 25.9. The Morgan fingerprint density at radius 3 is 2.27 bits per heavy atom. The summed E-state index contributed by atoms with van der Waals surface area (Å²) in [5.41, 5.74) is 4.65. The molecule has 0 saturated carbocycles. The molecule has 2 fully saturated rings. The Kier molecular flexibility index (Phi) is 10.3. The molecule has 2 saturated heterocycles. The standard InChI is InChI=1S/C35H42ClN5O3/c36-30-12-10-26(11-13-30)22-32(38-34(42)31-23-28-8-4-5-9-29(28)24-37-31)35(43)41-16-14-40(15-17-41)33(27-6-2-1-3-7-27)25-39-18-20-44-21-19-39/h1-13,31-33,37H,14-25H2,(H,38,42)/t31-,32-,33?/m1/s1. The monoisotopic (exact) mass is 615 g/mol. The fraction of sp³-hybridized carbons (Fsp3) is 0.429. The zero-order chi connectivity index (χ0) is 30.3. The van der Waals surface area contributed by atoms with Crippen molar-refractivity contribution in [3.05, 3.63) is 106 Å². The second kappa shape index (κ2) is 14.7. The van der Waals surface area contributed by atoms with Crippen molar-refractivity contribution in [3.8, 4) is 0 Å². The SMILES string of the molecule is O=C(N[C@H](Cc1ccc(Cl)cc1)C(=O)N1CCN(C(CN2CCOCC2)c2ccccc2)CC1)[C@H]1Cc2ccccc2CN1. The van der Waals surface area contributed by atoms with Crippen LogP contribution in [0.3, 0.4) is 0 Å². The first-order valence-electron chi connectivity index (χ1n) is 15.8. The molecule has 0 bridgehead atoms. The van der Waals surface area contributed by atoms with Crippen molar-refractivity contribution in [3.63, 3.8) is 0 Å². The van der Waals surface area contributed by atoms with Crippen LogP contribution in [0.15, 0.2) is 78.9 Å². The molecule has 3 aromatic carbocycles. The number of amides is 2. The fourth-order valence-electron chi connectivity index (χ4n) is 6.58. The molecule has 3 atom stereocenters. The van der Waals surface area contributed by atoms with Crippen LogP contribution in [-0.2, 0) is 33.7 Å². The Balaban J connectivity index is 1.13. The largest absolute Gasteiger partial charge is 0.379 e. The molecule has 3 aromatic rings. The van der Waals surface area contributed by atoms with Crippen LogP contribution in [0.1, 0.15) is 28.3 Å². The van der Waals surface area contributed by atoms with E-state index >= 15 is 0 Å². The lowest BCUT2D eigenvalue weighted by Crippen LogP contribution is -2.59. The number of piperazine rings is 1. The highest BCUT2D eigenvalue weighted by atomic mass is 35.5. The Morgan fingerprint density at radius 2 is 1.55 bits per heavy atom. The van der Waals surface area contributed by atoms with Crippen molar-refractivity contribution in [2.45, 2.75) is 37.5 Å². The molecule has 6 rings (SSSR count). The molecular weight excluding hydrogens is 574 g/mol. The van der Waals surface area contributed by atoms with Crippen LogP contribution in [0.25, 0.3) is 0 Å². The van der Waals surface area contributed by atoms with Crippen molar-refractivity contribution >= 4 is 23.4 Å². The number of rotatable bonds is 9. The third kappa shape index (κ3) is 7.68. The van der Waals surface area contributed by atoms with Crippen LogP contribution in [0.5, 0.6) is 0 Å². The van der Waals surface area contributed by atoms with Gasteiger partial charge in [0.25, 0.3) is 0 Å². The molecule has 9 heteroatoms. The third-order valence-corrected chi connectivity index (χ3v) is 9.40. The summed E-state index contributed by atoms with van der Waals surface area (Å²) in [5, 5.41) is 7.14. The smallest absolute Gasteiger partial charge is 0.245 e. The van der Waals surface area contributed by atoms with Gasteiger partial charge < -0.3 is 20.3 Å². The number of ether oxygens (including phenoxy) is 1. The summed E-state index contributed by atoms with van der Waals surface area (Å²) in [4.78, 5) is 34.5. The van der Waals surface area contributed by atoms with Gasteiger partial charge in [-0.3, -0.25) is 19.4 Å². The van der Waals surface area contributed by atoms with E-state index in [0.717, 1.165) is 51.5 Å². The van der Waals surface area contributed by atoms with Gasteiger partial charge in [-0.2, -0.15) is 0 Å². The minimum absolute atomic E-state index is 0.0337. The van der Waals surface area contributed by atoms with E-state index in [-0.39, 0.29) is 23.9 Å². The van der Waals surface area contributed by atoms with Crippen LogP contribution in [-0.4, -0.2) is 97.6 Å². The van der Waals surface area contributed by atoms with E-state index in [1.807, 2.05) is 41.3 Å². The molecule has 0 aromatic heterocycles. The maximum absolute atomic E-state index is 14.1. The average molecular weight is 616 g/mol. The first kappa shape index (κ1) is 30.7. The zero-order valence-electron chi connectivity index (χ0n) is 25.2. The number of carbonyl (C=O) groups is 2. The molecule has 3 heterocycles. The molecule has 232 valence electrons. The number of carbonyl (C=O) groups excluding carboxylic acids is 2. The van der Waals surface area contributed by atoms with Crippen molar-refractivity contribution in [2.75, 3.05) is 59.0 Å². The minimum Gasteiger partial charge on any atom is -0.379 e. The molecule has 3 aliphatic heterocycles. The number of hydrogen-bond acceptors (Lipinski definition) is 6. The van der Waals surface area contributed by atoms with E-state index in [1.165, 1.54) is 16.7 Å². The molecule has 2 N–H and O–H groups in total. The summed E-state index contributed by atoms with van der Waals surface area (Å²) in [6, 6.07) is 25.6. The fourth-order valence-corrected chi connectivity index (χ4v) is 6.70. The van der Waals surface area contributed by atoms with Gasteiger partial charge in [0.15, 0.2) is 0 Å². The number of nitrogens with zero attached hydrogens (tertiary/aromatic N) is 3. The lowest BCUT2D eigenvalue weighted by Gasteiger charge is -2.42. The molecule has 1 unspecified atom stereocenters. The van der Waals surface area contributed by atoms with Gasteiger partial charge in [0, 0.05) is 69.8 Å². The molecule has 2 amide bonds. The maximum Gasteiger partial charge on any atom is 0.245 e. The summed E-state index contributed by atoms with van der Waals surface area (Å²) >= 11 is 6.14. The van der Waals surface area contributed by atoms with Crippen LogP contribution in [0, 0.1) is 0 Å². The normalized spacial score (nSPS) is 20.8. The summed E-state index contributed by atoms with van der Waals surface area (Å²) in [7, 11) is 0. The minimum atomic E-state index is -0.660. The summed E-state index contributed by atoms with van der Waals surface area (Å²) in [5.74, 6) is -0.172. The van der Waals surface area contributed by atoms with E-state index in [0.29, 0.717) is 37.5 Å². The number of nitrogens with one attached hydrogen (secondary N) is 2. The average Bonchev–Trinajstić information content (AvgIpc) is 3.08. The Hall–Kier alpha value is -3.27. The van der Waals surface area contributed by atoms with E-state index in [1.54, 1.807) is 0 Å². The van der Waals surface area contributed by atoms with E-state index in [2.05, 4.69) is 62.9 Å². The maximum atomic E-state index is 14.1. The molecule has 44 heavy (non-hydrogen) atoms. The van der Waals surface area contributed by atoms with Gasteiger partial charge in [-0.25, -0.2) is 0 Å². The van der Waals surface area contributed by atoms with Crippen molar-refractivity contribution in [1.82, 2.24) is 25.3 Å².